The first-order valence-corrected chi connectivity index (χ1v) is 6.38. The molecule has 1 aliphatic rings. The molecule has 10 heavy (non-hydrogen) atoms. The second kappa shape index (κ2) is 4.06. The zero-order valence-electron chi connectivity index (χ0n) is 5.08. The molecular weight excluding hydrogens is 392 g/mol. The van der Waals surface area contributed by atoms with Crippen molar-refractivity contribution in [2.45, 2.75) is 22.5 Å². The van der Waals surface area contributed by atoms with E-state index >= 15 is 0 Å². The minimum atomic E-state index is 0.496. The van der Waals surface area contributed by atoms with Gasteiger partial charge < -0.3 is 0 Å². The molecule has 0 saturated carbocycles. The molecule has 0 aromatic rings. The predicted octanol–water partition coefficient (Wildman–Crippen LogP) is 4.31. The molecule has 0 radical (unpaired) electrons. The van der Waals surface area contributed by atoms with Gasteiger partial charge in [0.25, 0.3) is 0 Å². The Morgan fingerprint density at radius 1 is 0.900 bits per heavy atom. The van der Waals surface area contributed by atoms with Crippen LogP contribution in [0.4, 0.5) is 0 Å². The summed E-state index contributed by atoms with van der Waals surface area (Å²) < 4.78 is 2.47. The molecule has 0 unspecified atom stereocenters. The van der Waals surface area contributed by atoms with Crippen molar-refractivity contribution < 1.29 is 0 Å². The molecule has 0 saturated heterocycles. The highest BCUT2D eigenvalue weighted by atomic mass is 79.9. The molecule has 4 heteroatoms. The van der Waals surface area contributed by atoms with Crippen molar-refractivity contribution >= 4 is 63.7 Å². The fourth-order valence-electron chi connectivity index (χ4n) is 0.845. The highest BCUT2D eigenvalue weighted by molar-refractivity contribution is 9.16. The number of alkyl halides is 2. The van der Waals surface area contributed by atoms with Crippen LogP contribution in [-0.2, 0) is 0 Å². The maximum absolute atomic E-state index is 3.57. The largest absolute Gasteiger partial charge is 0.0833 e. The number of allylic oxidation sites excluding steroid dienone is 2. The lowest BCUT2D eigenvalue weighted by Crippen LogP contribution is -2.13. The molecule has 1 rings (SSSR count). The summed E-state index contributed by atoms with van der Waals surface area (Å²) in [6, 6.07) is 0. The summed E-state index contributed by atoms with van der Waals surface area (Å²) in [5.74, 6) is 0. The third-order valence-electron chi connectivity index (χ3n) is 1.45. The van der Waals surface area contributed by atoms with E-state index in [1.165, 1.54) is 21.8 Å². The average molecular weight is 398 g/mol. The fourth-order valence-corrected chi connectivity index (χ4v) is 3.49. The smallest absolute Gasteiger partial charge is 0.0470 e. The van der Waals surface area contributed by atoms with Gasteiger partial charge >= 0.3 is 0 Å². The molecule has 0 aromatic carbocycles. The van der Waals surface area contributed by atoms with E-state index in [9.17, 15) is 0 Å². The first kappa shape index (κ1) is 9.75. The van der Waals surface area contributed by atoms with Gasteiger partial charge in [0.1, 0.15) is 0 Å². The van der Waals surface area contributed by atoms with Crippen LogP contribution in [0.25, 0.3) is 0 Å². The lowest BCUT2D eigenvalue weighted by Gasteiger charge is -2.21. The van der Waals surface area contributed by atoms with E-state index in [2.05, 4.69) is 63.7 Å². The molecule has 0 aliphatic heterocycles. The quantitative estimate of drug-likeness (QED) is 0.534. The number of rotatable bonds is 0. The summed E-state index contributed by atoms with van der Waals surface area (Å²) in [6.07, 6.45) is 2.37. The Morgan fingerprint density at radius 2 is 1.20 bits per heavy atom. The molecule has 0 amide bonds. The normalized spacial score (nSPS) is 34.8. The minimum Gasteiger partial charge on any atom is -0.0833 e. The second-order valence-corrected chi connectivity index (χ2v) is 6.13. The SMILES string of the molecule is BrC1=C(Br)[C@@H](Br)CC[C@@H]1Br. The molecular formula is C6H6Br4. The van der Waals surface area contributed by atoms with Gasteiger partial charge in [-0.25, -0.2) is 0 Å². The van der Waals surface area contributed by atoms with Gasteiger partial charge in [0.15, 0.2) is 0 Å². The molecule has 0 nitrogen and oxygen atoms in total. The Balaban J connectivity index is 2.81. The van der Waals surface area contributed by atoms with E-state index in [0.717, 1.165) is 0 Å². The summed E-state index contributed by atoms with van der Waals surface area (Å²) in [5, 5.41) is 0. The Labute approximate surface area is 94.3 Å². The van der Waals surface area contributed by atoms with Crippen molar-refractivity contribution in [2.24, 2.45) is 0 Å². The van der Waals surface area contributed by atoms with E-state index in [0.29, 0.717) is 9.65 Å². The van der Waals surface area contributed by atoms with Crippen LogP contribution in [0.1, 0.15) is 12.8 Å². The van der Waals surface area contributed by atoms with Gasteiger partial charge in [0.05, 0.1) is 0 Å². The van der Waals surface area contributed by atoms with Crippen molar-refractivity contribution in [1.29, 1.82) is 0 Å². The zero-order chi connectivity index (χ0) is 7.72. The maximum Gasteiger partial charge on any atom is 0.0470 e. The molecule has 1 aliphatic carbocycles. The van der Waals surface area contributed by atoms with E-state index in [1.54, 1.807) is 0 Å². The number of halogens is 4. The molecule has 0 N–H and O–H groups in total. The highest BCUT2D eigenvalue weighted by Crippen LogP contribution is 2.39. The predicted molar refractivity (Wildman–Crippen MR) is 59.5 cm³/mol. The highest BCUT2D eigenvalue weighted by Gasteiger charge is 2.23. The van der Waals surface area contributed by atoms with Crippen molar-refractivity contribution in [1.82, 2.24) is 0 Å². The van der Waals surface area contributed by atoms with Crippen molar-refractivity contribution in [3.63, 3.8) is 0 Å². The molecule has 0 bridgehead atoms. The van der Waals surface area contributed by atoms with Crippen LogP contribution in [0.3, 0.4) is 0 Å². The van der Waals surface area contributed by atoms with Crippen molar-refractivity contribution in [2.75, 3.05) is 0 Å². The molecule has 0 heterocycles. The summed E-state index contributed by atoms with van der Waals surface area (Å²) in [5.41, 5.74) is 0. The molecule has 58 valence electrons. The number of hydrogen-bond acceptors (Lipinski definition) is 0. The second-order valence-electron chi connectivity index (χ2n) is 2.21. The number of hydrogen-bond donors (Lipinski definition) is 0. The van der Waals surface area contributed by atoms with Gasteiger partial charge in [-0.2, -0.15) is 0 Å². The van der Waals surface area contributed by atoms with Crippen molar-refractivity contribution in [3.05, 3.63) is 8.96 Å². The lowest BCUT2D eigenvalue weighted by atomic mass is 10.1. The van der Waals surface area contributed by atoms with Gasteiger partial charge in [-0.3, -0.25) is 0 Å². The Morgan fingerprint density at radius 3 is 1.50 bits per heavy atom. The maximum atomic E-state index is 3.57. The first-order valence-electron chi connectivity index (χ1n) is 2.96. The molecule has 2 atom stereocenters. The van der Waals surface area contributed by atoms with Crippen LogP contribution in [0, 0.1) is 0 Å². The summed E-state index contributed by atoms with van der Waals surface area (Å²) >= 11 is 14.2. The Kier molecular flexibility index (Phi) is 3.95. The van der Waals surface area contributed by atoms with E-state index in [-0.39, 0.29) is 0 Å². The van der Waals surface area contributed by atoms with Crippen LogP contribution in [-0.4, -0.2) is 9.65 Å². The van der Waals surface area contributed by atoms with Gasteiger partial charge in [-0.05, 0) is 12.8 Å². The van der Waals surface area contributed by atoms with Crippen LogP contribution < -0.4 is 0 Å². The third kappa shape index (κ3) is 2.08. The third-order valence-corrected chi connectivity index (χ3v) is 7.00. The van der Waals surface area contributed by atoms with Gasteiger partial charge in [-0.1, -0.05) is 63.7 Å². The Hall–Kier alpha value is 1.66. The molecule has 0 spiro atoms. The average Bonchev–Trinajstić information content (AvgIpc) is 1.93. The van der Waals surface area contributed by atoms with E-state index < -0.39 is 0 Å². The minimum absolute atomic E-state index is 0.496. The summed E-state index contributed by atoms with van der Waals surface area (Å²) in [7, 11) is 0. The van der Waals surface area contributed by atoms with Crippen LogP contribution in [0.5, 0.6) is 0 Å². The van der Waals surface area contributed by atoms with Gasteiger partial charge in [0, 0.05) is 18.6 Å². The van der Waals surface area contributed by atoms with Gasteiger partial charge in [0.2, 0.25) is 0 Å². The fraction of sp³-hybridized carbons (Fsp3) is 0.667. The topological polar surface area (TPSA) is 0 Å². The van der Waals surface area contributed by atoms with Crippen LogP contribution >= 0.6 is 63.7 Å². The zero-order valence-corrected chi connectivity index (χ0v) is 11.4. The van der Waals surface area contributed by atoms with E-state index in [4.69, 9.17) is 0 Å². The van der Waals surface area contributed by atoms with Crippen LogP contribution in [0.15, 0.2) is 8.96 Å². The first-order chi connectivity index (χ1) is 4.63. The monoisotopic (exact) mass is 394 g/mol. The standard InChI is InChI=1S/C6H6Br4/c7-3-1-2-4(8)6(10)5(3)9/h3-4H,1-2H2/t3-,4-/m0/s1. The van der Waals surface area contributed by atoms with Crippen molar-refractivity contribution in [3.8, 4) is 0 Å². The Bertz CT molecular complexity index is 145. The summed E-state index contributed by atoms with van der Waals surface area (Å²) in [4.78, 5) is 0.992. The van der Waals surface area contributed by atoms with Gasteiger partial charge in [-0.15, -0.1) is 0 Å². The lowest BCUT2D eigenvalue weighted by molar-refractivity contribution is 0.755. The molecule has 0 aromatic heterocycles. The van der Waals surface area contributed by atoms with Crippen LogP contribution in [0.2, 0.25) is 0 Å². The summed E-state index contributed by atoms with van der Waals surface area (Å²) in [6.45, 7) is 0. The van der Waals surface area contributed by atoms with E-state index in [1.807, 2.05) is 0 Å². The molecule has 0 fully saturated rings.